The minimum absolute atomic E-state index is 0.185. The van der Waals surface area contributed by atoms with Crippen molar-refractivity contribution in [2.75, 3.05) is 19.1 Å². The highest BCUT2D eigenvalue weighted by Gasteiger charge is 2.04. The van der Waals surface area contributed by atoms with Crippen molar-refractivity contribution in [2.45, 2.75) is 20.8 Å². The summed E-state index contributed by atoms with van der Waals surface area (Å²) in [6, 6.07) is 0. The van der Waals surface area contributed by atoms with Gasteiger partial charge in [-0.3, -0.25) is 0 Å². The van der Waals surface area contributed by atoms with Gasteiger partial charge in [-0.05, 0) is 12.8 Å². The van der Waals surface area contributed by atoms with Crippen molar-refractivity contribution in [2.24, 2.45) is 5.92 Å². The normalized spacial score (nSPS) is 11.6. The third kappa shape index (κ3) is 6.78. The highest BCUT2D eigenvalue weighted by atomic mass is 35.5. The fourth-order valence-corrected chi connectivity index (χ4v) is 0.880. The molecule has 0 unspecified atom stereocenters. The van der Waals surface area contributed by atoms with Gasteiger partial charge in [0.25, 0.3) is 0 Å². The van der Waals surface area contributed by atoms with Gasteiger partial charge in [-0.1, -0.05) is 13.8 Å². The predicted octanol–water partition coefficient (Wildman–Crippen LogP) is 2.34. The highest BCUT2D eigenvalue weighted by molar-refractivity contribution is 6.19. The first-order valence-corrected chi connectivity index (χ1v) is 5.19. The number of rotatable bonds is 6. The number of esters is 1. The van der Waals surface area contributed by atoms with Crippen LogP contribution in [-0.2, 0) is 14.3 Å². The van der Waals surface area contributed by atoms with Gasteiger partial charge in [0, 0.05) is 0 Å². The largest absolute Gasteiger partial charge is 0.497 e. The molecule has 0 spiro atoms. The summed E-state index contributed by atoms with van der Waals surface area (Å²) < 4.78 is 10.0. The number of ether oxygens (including phenoxy) is 2. The zero-order chi connectivity index (χ0) is 11.0. The molecule has 0 radical (unpaired) electrons. The van der Waals surface area contributed by atoms with Gasteiger partial charge in [-0.25, -0.2) is 4.79 Å². The van der Waals surface area contributed by atoms with Gasteiger partial charge in [-0.2, -0.15) is 0 Å². The Balaban J connectivity index is 3.97. The second-order valence-corrected chi connectivity index (χ2v) is 3.47. The van der Waals surface area contributed by atoms with E-state index in [0.29, 0.717) is 24.9 Å². The molecule has 0 aliphatic carbocycles. The number of allylic oxidation sites excluding steroid dienone is 1. The van der Waals surface area contributed by atoms with Crippen molar-refractivity contribution in [1.82, 2.24) is 0 Å². The van der Waals surface area contributed by atoms with Gasteiger partial charge in [0.15, 0.2) is 0 Å². The van der Waals surface area contributed by atoms with Crippen LogP contribution in [0.1, 0.15) is 20.8 Å². The van der Waals surface area contributed by atoms with E-state index in [9.17, 15) is 4.79 Å². The van der Waals surface area contributed by atoms with Crippen LogP contribution in [0.25, 0.3) is 0 Å². The van der Waals surface area contributed by atoms with Crippen molar-refractivity contribution in [3.05, 3.63) is 11.8 Å². The summed E-state index contributed by atoms with van der Waals surface area (Å²) in [7, 11) is 0. The molecule has 14 heavy (non-hydrogen) atoms. The molecule has 0 heterocycles. The van der Waals surface area contributed by atoms with Crippen LogP contribution >= 0.6 is 11.6 Å². The predicted molar refractivity (Wildman–Crippen MR) is 56.2 cm³/mol. The van der Waals surface area contributed by atoms with Crippen LogP contribution < -0.4 is 0 Å². The van der Waals surface area contributed by atoms with E-state index in [1.807, 2.05) is 20.8 Å². The van der Waals surface area contributed by atoms with E-state index in [0.717, 1.165) is 0 Å². The Morgan fingerprint density at radius 1 is 1.43 bits per heavy atom. The topological polar surface area (TPSA) is 35.5 Å². The maximum atomic E-state index is 11.2. The molecule has 0 fully saturated rings. The van der Waals surface area contributed by atoms with E-state index in [1.54, 1.807) is 0 Å². The first kappa shape index (κ1) is 13.3. The molecule has 0 aromatic heterocycles. The van der Waals surface area contributed by atoms with Gasteiger partial charge >= 0.3 is 5.97 Å². The van der Waals surface area contributed by atoms with Gasteiger partial charge < -0.3 is 9.47 Å². The molecule has 0 N–H and O–H groups in total. The van der Waals surface area contributed by atoms with Crippen molar-refractivity contribution in [3.8, 4) is 0 Å². The average molecular weight is 221 g/mol. The number of carbonyl (C=O) groups excluding carboxylic acids is 1. The molecule has 82 valence electrons. The molecule has 4 heteroatoms. The molecular formula is C10H17ClO3. The summed E-state index contributed by atoms with van der Waals surface area (Å²) in [4.78, 5) is 11.2. The van der Waals surface area contributed by atoms with Crippen LogP contribution in [-0.4, -0.2) is 25.1 Å². The van der Waals surface area contributed by atoms with E-state index < -0.39 is 5.97 Å². The first-order valence-electron chi connectivity index (χ1n) is 4.66. The van der Waals surface area contributed by atoms with E-state index in [1.165, 1.54) is 6.08 Å². The van der Waals surface area contributed by atoms with Crippen LogP contribution in [0, 0.1) is 5.92 Å². The summed E-state index contributed by atoms with van der Waals surface area (Å²) >= 11 is 5.55. The van der Waals surface area contributed by atoms with E-state index in [-0.39, 0.29) is 5.88 Å². The zero-order valence-electron chi connectivity index (χ0n) is 8.88. The second-order valence-electron chi connectivity index (χ2n) is 3.20. The number of hydrogen-bond acceptors (Lipinski definition) is 3. The van der Waals surface area contributed by atoms with Gasteiger partial charge in [0.2, 0.25) is 0 Å². The number of alkyl halides is 1. The Morgan fingerprint density at radius 3 is 2.50 bits per heavy atom. The SMILES string of the molecule is CCO/C(=C/C(=O)OCC(C)C)CCl. The van der Waals surface area contributed by atoms with Crippen molar-refractivity contribution in [3.63, 3.8) is 0 Å². The first-order chi connectivity index (χ1) is 6.60. The molecule has 0 saturated heterocycles. The molecular weight excluding hydrogens is 204 g/mol. The molecule has 0 rings (SSSR count). The summed E-state index contributed by atoms with van der Waals surface area (Å²) in [5, 5.41) is 0. The fraction of sp³-hybridized carbons (Fsp3) is 0.700. The minimum Gasteiger partial charge on any atom is -0.497 e. The maximum Gasteiger partial charge on any atom is 0.334 e. The lowest BCUT2D eigenvalue weighted by atomic mass is 10.2. The van der Waals surface area contributed by atoms with Gasteiger partial charge in [0.1, 0.15) is 5.76 Å². The Kier molecular flexibility index (Phi) is 7.30. The quantitative estimate of drug-likeness (QED) is 0.298. The number of hydrogen-bond donors (Lipinski definition) is 0. The second kappa shape index (κ2) is 7.68. The van der Waals surface area contributed by atoms with E-state index in [2.05, 4.69) is 0 Å². The third-order valence-electron chi connectivity index (χ3n) is 1.30. The summed E-state index contributed by atoms with van der Waals surface area (Å²) in [6.45, 7) is 6.69. The molecule has 0 aliphatic heterocycles. The maximum absolute atomic E-state index is 11.2. The van der Waals surface area contributed by atoms with Crippen LogP contribution in [0.2, 0.25) is 0 Å². The highest BCUT2D eigenvalue weighted by Crippen LogP contribution is 2.02. The van der Waals surface area contributed by atoms with Crippen molar-refractivity contribution in [1.29, 1.82) is 0 Å². The third-order valence-corrected chi connectivity index (χ3v) is 1.56. The molecule has 0 bridgehead atoms. The molecule has 0 atom stereocenters. The lowest BCUT2D eigenvalue weighted by molar-refractivity contribution is -0.139. The lowest BCUT2D eigenvalue weighted by Gasteiger charge is -2.06. The van der Waals surface area contributed by atoms with Crippen LogP contribution in [0.5, 0.6) is 0 Å². The lowest BCUT2D eigenvalue weighted by Crippen LogP contribution is -2.09. The molecule has 0 aliphatic rings. The van der Waals surface area contributed by atoms with Gasteiger partial charge in [0.05, 0.1) is 25.2 Å². The monoisotopic (exact) mass is 220 g/mol. The molecule has 3 nitrogen and oxygen atoms in total. The number of halogens is 1. The molecule has 0 amide bonds. The minimum atomic E-state index is -0.400. The Morgan fingerprint density at radius 2 is 2.07 bits per heavy atom. The molecule has 0 aromatic rings. The standard InChI is InChI=1S/C10H17ClO3/c1-4-13-9(6-11)5-10(12)14-7-8(2)3/h5,8H,4,6-7H2,1-3H3/b9-5+. The van der Waals surface area contributed by atoms with Crippen LogP contribution in [0.4, 0.5) is 0 Å². The molecule has 0 saturated carbocycles. The average Bonchev–Trinajstić information content (AvgIpc) is 2.14. The van der Waals surface area contributed by atoms with Crippen molar-refractivity contribution < 1.29 is 14.3 Å². The summed E-state index contributed by atoms with van der Waals surface area (Å²) in [5.41, 5.74) is 0. The van der Waals surface area contributed by atoms with Crippen molar-refractivity contribution >= 4 is 17.6 Å². The molecule has 0 aromatic carbocycles. The Labute approximate surface area is 90.0 Å². The Hall–Kier alpha value is -0.700. The van der Waals surface area contributed by atoms with E-state index >= 15 is 0 Å². The summed E-state index contributed by atoms with van der Waals surface area (Å²) in [6.07, 6.45) is 1.29. The van der Waals surface area contributed by atoms with Crippen LogP contribution in [0.3, 0.4) is 0 Å². The van der Waals surface area contributed by atoms with Crippen LogP contribution in [0.15, 0.2) is 11.8 Å². The Bertz CT molecular complexity index is 200. The van der Waals surface area contributed by atoms with Gasteiger partial charge in [-0.15, -0.1) is 11.6 Å². The number of carbonyl (C=O) groups is 1. The summed E-state index contributed by atoms with van der Waals surface area (Å²) in [5.74, 6) is 0.564. The van der Waals surface area contributed by atoms with E-state index in [4.69, 9.17) is 21.1 Å². The zero-order valence-corrected chi connectivity index (χ0v) is 9.63. The fourth-order valence-electron chi connectivity index (χ4n) is 0.726. The smallest absolute Gasteiger partial charge is 0.334 e.